The van der Waals surface area contributed by atoms with Crippen LogP contribution in [0.2, 0.25) is 0 Å². The van der Waals surface area contributed by atoms with Gasteiger partial charge in [-0.25, -0.2) is 0 Å². The van der Waals surface area contributed by atoms with Gasteiger partial charge in [0.1, 0.15) is 0 Å². The maximum atomic E-state index is 8.12. The lowest BCUT2D eigenvalue weighted by molar-refractivity contribution is 0.420. The van der Waals surface area contributed by atoms with Gasteiger partial charge in [-0.1, -0.05) is 13.8 Å². The van der Waals surface area contributed by atoms with Gasteiger partial charge in [-0.15, -0.1) is 0 Å². The molecule has 2 rings (SSSR count). The summed E-state index contributed by atoms with van der Waals surface area (Å²) in [6.07, 6.45) is 4.04. The first-order valence-corrected chi connectivity index (χ1v) is 4.55. The third-order valence-electron chi connectivity index (χ3n) is 3.20. The molecular formula is C9H16N2. The van der Waals surface area contributed by atoms with Crippen molar-refractivity contribution in [1.82, 2.24) is 0 Å². The van der Waals surface area contributed by atoms with Crippen LogP contribution in [0.15, 0.2) is 10.2 Å². The monoisotopic (exact) mass is 153 g/mol. The predicted octanol–water partition coefficient (Wildman–Crippen LogP) is 2.93. The molecule has 1 saturated carbocycles. The molecular weight excluding hydrogens is 136 g/mol. The minimum Gasteiger partial charge on any atom is -0.187 e. The van der Waals surface area contributed by atoms with Crippen LogP contribution in [0.25, 0.3) is 0 Å². The Morgan fingerprint density at radius 3 is 1.82 bits per heavy atom. The van der Waals surface area contributed by atoms with E-state index in [1.807, 2.05) is 0 Å². The van der Waals surface area contributed by atoms with Gasteiger partial charge < -0.3 is 0 Å². The summed E-state index contributed by atoms with van der Waals surface area (Å²) in [5.74, 6) is 0. The summed E-state index contributed by atoms with van der Waals surface area (Å²) in [5, 5.41) is 8.63. The van der Waals surface area contributed by atoms with Crippen LogP contribution >= 0.6 is 0 Å². The molecule has 2 nitrogen and oxygen atoms in total. The second-order valence-corrected chi connectivity index (χ2v) is 3.76. The van der Waals surface area contributed by atoms with Gasteiger partial charge in [0.15, 0.2) is 0 Å². The Hall–Kier alpha value is -0.400. The highest BCUT2D eigenvalue weighted by molar-refractivity contribution is 5.10. The van der Waals surface area contributed by atoms with Crippen LogP contribution in [0.3, 0.4) is 0 Å². The summed E-state index contributed by atoms with van der Waals surface area (Å²) in [5.41, 5.74) is -0.202. The molecule has 1 aliphatic carbocycles. The second kappa shape index (κ2) is 2.05. The first kappa shape index (κ1) is 6.15. The van der Waals surface area contributed by atoms with Crippen LogP contribution in [0, 0.1) is 0 Å². The van der Waals surface area contributed by atoms with Crippen LogP contribution in [0.4, 0.5) is 0 Å². The molecule has 3 atom stereocenters. The summed E-state index contributed by atoms with van der Waals surface area (Å²) in [7, 11) is 0. The molecule has 0 aromatic heterocycles. The molecule has 2 heteroatoms. The van der Waals surface area contributed by atoms with Gasteiger partial charge in [-0.05, 0) is 25.7 Å². The average molecular weight is 153 g/mol. The molecule has 1 unspecified atom stereocenters. The Labute approximate surface area is 69.5 Å². The van der Waals surface area contributed by atoms with Crippen molar-refractivity contribution in [1.29, 1.82) is 0 Å². The van der Waals surface area contributed by atoms with E-state index in [-0.39, 0.29) is 17.5 Å². The number of hydrogen-bond acceptors (Lipinski definition) is 2. The van der Waals surface area contributed by atoms with E-state index < -0.39 is 0 Å². The molecule has 62 valence electrons. The average Bonchev–Trinajstić information content (AvgIpc) is 2.57. The zero-order chi connectivity index (χ0) is 8.82. The van der Waals surface area contributed by atoms with Crippen molar-refractivity contribution >= 4 is 0 Å². The number of fused-ring (bicyclic) bond motifs is 2. The SMILES string of the molecule is [2H]C1[C@@]2(CC)CC[C@]1(CC)N=N2. The molecule has 0 amide bonds. The lowest BCUT2D eigenvalue weighted by Gasteiger charge is -2.17. The maximum Gasteiger partial charge on any atom is 0.0838 e. The molecule has 1 aliphatic heterocycles. The minimum atomic E-state index is -0.101. The summed E-state index contributed by atoms with van der Waals surface area (Å²) >= 11 is 0. The molecule has 0 spiro atoms. The van der Waals surface area contributed by atoms with Gasteiger partial charge in [0, 0.05) is 7.77 Å². The zero-order valence-electron chi connectivity index (χ0n) is 8.30. The maximum absolute atomic E-state index is 8.12. The van der Waals surface area contributed by atoms with E-state index in [4.69, 9.17) is 1.37 Å². The van der Waals surface area contributed by atoms with Gasteiger partial charge >= 0.3 is 0 Å². The van der Waals surface area contributed by atoms with E-state index in [9.17, 15) is 0 Å². The van der Waals surface area contributed by atoms with E-state index in [1.54, 1.807) is 0 Å². The fourth-order valence-corrected chi connectivity index (χ4v) is 2.13. The van der Waals surface area contributed by atoms with Crippen molar-refractivity contribution < 1.29 is 1.37 Å². The van der Waals surface area contributed by atoms with Crippen LogP contribution in [-0.4, -0.2) is 11.1 Å². The number of nitrogens with zero attached hydrogens (tertiary/aromatic N) is 2. The fraction of sp³-hybridized carbons (Fsp3) is 1.00. The topological polar surface area (TPSA) is 24.7 Å². The van der Waals surface area contributed by atoms with E-state index in [1.165, 1.54) is 0 Å². The molecule has 0 N–H and O–H groups in total. The van der Waals surface area contributed by atoms with Gasteiger partial charge in [-0.3, -0.25) is 0 Å². The van der Waals surface area contributed by atoms with E-state index in [0.717, 1.165) is 25.7 Å². The lowest BCUT2D eigenvalue weighted by atomic mass is 9.91. The number of rotatable bonds is 2. The molecule has 0 radical (unpaired) electrons. The van der Waals surface area contributed by atoms with Gasteiger partial charge in [0.05, 0.1) is 11.1 Å². The molecule has 0 aromatic rings. The molecule has 0 aromatic carbocycles. The Bertz CT molecular complexity index is 207. The zero-order valence-corrected chi connectivity index (χ0v) is 7.30. The van der Waals surface area contributed by atoms with Crippen molar-refractivity contribution in [3.8, 4) is 0 Å². The van der Waals surface area contributed by atoms with Crippen molar-refractivity contribution in [2.75, 3.05) is 0 Å². The first-order chi connectivity index (χ1) is 5.69. The Morgan fingerprint density at radius 2 is 1.64 bits per heavy atom. The summed E-state index contributed by atoms with van der Waals surface area (Å²) in [4.78, 5) is 0. The van der Waals surface area contributed by atoms with Crippen molar-refractivity contribution in [2.45, 2.75) is 57.0 Å². The van der Waals surface area contributed by atoms with Crippen LogP contribution in [0.5, 0.6) is 0 Å². The van der Waals surface area contributed by atoms with Crippen LogP contribution in [0.1, 0.15) is 47.3 Å². The third-order valence-corrected chi connectivity index (χ3v) is 3.20. The largest absolute Gasteiger partial charge is 0.187 e. The first-order valence-electron chi connectivity index (χ1n) is 5.13. The standard InChI is InChI=1S/C9H16N2/c1-3-8-5-6-9(4-2,7-8)11-10-8/h3-7H2,1-2H3/t8-,9+/i7D/t7?,8-,9+. The minimum absolute atomic E-state index is 0.0694. The lowest BCUT2D eigenvalue weighted by Crippen LogP contribution is -2.20. The van der Waals surface area contributed by atoms with Gasteiger partial charge in [0.2, 0.25) is 0 Å². The number of azo groups is 1. The van der Waals surface area contributed by atoms with Crippen molar-refractivity contribution in [3.63, 3.8) is 0 Å². The van der Waals surface area contributed by atoms with Crippen molar-refractivity contribution in [3.05, 3.63) is 0 Å². The predicted molar refractivity (Wildman–Crippen MR) is 44.8 cm³/mol. The van der Waals surface area contributed by atoms with Crippen molar-refractivity contribution in [2.24, 2.45) is 10.2 Å². The van der Waals surface area contributed by atoms with Gasteiger partial charge in [-0.2, -0.15) is 10.2 Å². The highest BCUT2D eigenvalue weighted by Gasteiger charge is 2.51. The van der Waals surface area contributed by atoms with E-state index in [0.29, 0.717) is 0 Å². The smallest absolute Gasteiger partial charge is 0.0838 e. The molecule has 0 saturated heterocycles. The molecule has 1 fully saturated rings. The Kier molecular flexibility index (Phi) is 1.15. The van der Waals surface area contributed by atoms with E-state index >= 15 is 0 Å². The van der Waals surface area contributed by atoms with E-state index in [2.05, 4.69) is 24.1 Å². The normalized spacial score (nSPS) is 55.1. The highest BCUT2D eigenvalue weighted by atomic mass is 15.3. The molecule has 1 heterocycles. The molecule has 2 bridgehead atoms. The van der Waals surface area contributed by atoms with Crippen LogP contribution < -0.4 is 0 Å². The van der Waals surface area contributed by atoms with Gasteiger partial charge in [0.25, 0.3) is 0 Å². The van der Waals surface area contributed by atoms with Crippen LogP contribution in [-0.2, 0) is 0 Å². The fourth-order valence-electron chi connectivity index (χ4n) is 2.13. The quantitative estimate of drug-likeness (QED) is 0.582. The summed E-state index contributed by atoms with van der Waals surface area (Å²) < 4.78 is 8.12. The number of hydrogen-bond donors (Lipinski definition) is 0. The Morgan fingerprint density at radius 1 is 1.18 bits per heavy atom. The summed E-state index contributed by atoms with van der Waals surface area (Å²) in [6.45, 7) is 4.25. The second-order valence-electron chi connectivity index (χ2n) is 3.76. The third kappa shape index (κ3) is 0.846. The Balaban J connectivity index is 2.34. The molecule has 2 aliphatic rings. The highest BCUT2D eigenvalue weighted by Crippen LogP contribution is 2.51. The summed E-state index contributed by atoms with van der Waals surface area (Å²) in [6, 6.07) is 0. The molecule has 11 heavy (non-hydrogen) atoms.